The molecule has 6 rings (SSSR count). The lowest BCUT2D eigenvalue weighted by atomic mass is 9.97. The van der Waals surface area contributed by atoms with Crippen LogP contribution in [-0.4, -0.2) is 70.3 Å². The first-order chi connectivity index (χ1) is 16.2. The van der Waals surface area contributed by atoms with Crippen LogP contribution in [0.4, 0.5) is 11.6 Å². The molecule has 1 saturated heterocycles. The van der Waals surface area contributed by atoms with Crippen molar-refractivity contribution in [3.63, 3.8) is 0 Å². The Morgan fingerprint density at radius 3 is 2.53 bits per heavy atom. The van der Waals surface area contributed by atoms with Gasteiger partial charge in [0.2, 0.25) is 5.95 Å². The van der Waals surface area contributed by atoms with Crippen molar-refractivity contribution in [2.24, 2.45) is 0 Å². The summed E-state index contributed by atoms with van der Waals surface area (Å²) in [6, 6.07) is 10.2. The molecule has 3 aromatic rings. The van der Waals surface area contributed by atoms with E-state index in [1.165, 1.54) is 5.56 Å². The van der Waals surface area contributed by atoms with E-state index in [1.807, 2.05) is 41.7 Å². The highest BCUT2D eigenvalue weighted by Crippen LogP contribution is 2.57. The van der Waals surface area contributed by atoms with Crippen molar-refractivity contribution < 1.29 is 15.0 Å². The van der Waals surface area contributed by atoms with Crippen LogP contribution in [0, 0.1) is 0 Å². The molecular weight excluding hydrogens is 450 g/mol. The fraction of sp³-hybridized carbons (Fsp3) is 0.360. The molecule has 34 heavy (non-hydrogen) atoms. The summed E-state index contributed by atoms with van der Waals surface area (Å²) in [5, 5.41) is 0. The first-order valence-corrected chi connectivity index (χ1v) is 12.5. The topological polar surface area (TPSA) is 103 Å². The minimum absolute atomic E-state index is 0. The Morgan fingerprint density at radius 2 is 1.82 bits per heavy atom. The van der Waals surface area contributed by atoms with Gasteiger partial charge in [-0.15, -0.1) is 11.8 Å². The Hall–Kier alpha value is -3.01. The minimum atomic E-state index is 0. The van der Waals surface area contributed by atoms with Crippen LogP contribution in [0.15, 0.2) is 53.8 Å². The number of thioether (sulfide) groups is 1. The first-order valence-electron chi connectivity index (χ1n) is 11.3. The van der Waals surface area contributed by atoms with Crippen molar-refractivity contribution in [2.75, 3.05) is 44.0 Å². The number of anilines is 2. The van der Waals surface area contributed by atoms with Crippen molar-refractivity contribution in [1.29, 1.82) is 0 Å². The van der Waals surface area contributed by atoms with Crippen LogP contribution < -0.4 is 4.90 Å². The molecule has 1 aliphatic carbocycles. The monoisotopic (exact) mass is 477 g/mol. The smallest absolute Gasteiger partial charge is 0.254 e. The molecule has 1 spiro atoms. The van der Waals surface area contributed by atoms with Crippen molar-refractivity contribution in [3.8, 4) is 11.3 Å². The highest BCUT2D eigenvalue weighted by molar-refractivity contribution is 7.98. The number of carbonyl (C=O) groups excluding carboxylic acids is 1. The summed E-state index contributed by atoms with van der Waals surface area (Å²) < 4.78 is 5.40. The molecule has 0 bridgehead atoms. The van der Waals surface area contributed by atoms with E-state index < -0.39 is 0 Å². The predicted octanol–water partition coefficient (Wildman–Crippen LogP) is 3.09. The van der Waals surface area contributed by atoms with Crippen molar-refractivity contribution in [2.45, 2.75) is 23.2 Å². The molecule has 2 aromatic heterocycles. The van der Waals surface area contributed by atoms with Crippen LogP contribution in [0.3, 0.4) is 0 Å². The number of hydrogen-bond acceptors (Lipinski definition) is 7. The summed E-state index contributed by atoms with van der Waals surface area (Å²) in [6.07, 6.45) is 9.88. The Bertz CT molecular complexity index is 1210. The number of rotatable bonds is 4. The maximum atomic E-state index is 13.1. The normalized spacial score (nSPS) is 17.9. The van der Waals surface area contributed by atoms with Crippen LogP contribution in [0.5, 0.6) is 0 Å². The number of morpholine rings is 1. The Kier molecular flexibility index (Phi) is 6.01. The lowest BCUT2D eigenvalue weighted by Gasteiger charge is -2.27. The first kappa shape index (κ1) is 22.8. The SMILES string of the molecule is CSc1ccnc(-c2cnc(N3CC4(CC4)c4ccc(C(=O)N5CCOCC5)cc43)nc2)c1.O. The second-order valence-corrected chi connectivity index (χ2v) is 9.74. The Balaban J connectivity index is 0.00000241. The summed E-state index contributed by atoms with van der Waals surface area (Å²) in [4.78, 5) is 32.2. The summed E-state index contributed by atoms with van der Waals surface area (Å²) in [5.41, 5.74) is 5.02. The zero-order valence-corrected chi connectivity index (χ0v) is 19.8. The largest absolute Gasteiger partial charge is 0.412 e. The predicted molar refractivity (Wildman–Crippen MR) is 132 cm³/mol. The quantitative estimate of drug-likeness (QED) is 0.532. The molecule has 3 aliphatic rings. The fourth-order valence-electron chi connectivity index (χ4n) is 4.80. The lowest BCUT2D eigenvalue weighted by molar-refractivity contribution is 0.0303. The number of nitrogens with zero attached hydrogens (tertiary/aromatic N) is 5. The second-order valence-electron chi connectivity index (χ2n) is 8.86. The summed E-state index contributed by atoms with van der Waals surface area (Å²) in [6.45, 7) is 3.33. The van der Waals surface area contributed by atoms with Gasteiger partial charge in [-0.3, -0.25) is 9.78 Å². The van der Waals surface area contributed by atoms with Crippen LogP contribution >= 0.6 is 11.8 Å². The van der Waals surface area contributed by atoms with Gasteiger partial charge in [0.05, 0.1) is 18.9 Å². The van der Waals surface area contributed by atoms with Gasteiger partial charge in [-0.05, 0) is 48.9 Å². The van der Waals surface area contributed by atoms with Gasteiger partial charge in [-0.25, -0.2) is 9.97 Å². The zero-order chi connectivity index (χ0) is 22.4. The molecule has 4 heterocycles. The third kappa shape index (κ3) is 3.93. The number of hydrogen-bond donors (Lipinski definition) is 0. The number of amides is 1. The number of aromatic nitrogens is 3. The van der Waals surface area contributed by atoms with Gasteiger partial charge >= 0.3 is 0 Å². The van der Waals surface area contributed by atoms with E-state index in [1.54, 1.807) is 11.8 Å². The third-order valence-corrected chi connectivity index (χ3v) is 7.59. The van der Waals surface area contributed by atoms with E-state index in [0.29, 0.717) is 37.8 Å². The van der Waals surface area contributed by atoms with Crippen LogP contribution in [-0.2, 0) is 10.2 Å². The number of benzene rings is 1. The maximum absolute atomic E-state index is 13.1. The number of carbonyl (C=O) groups is 1. The molecule has 2 fully saturated rings. The van der Waals surface area contributed by atoms with E-state index in [2.05, 4.69) is 28.3 Å². The van der Waals surface area contributed by atoms with E-state index in [9.17, 15) is 4.79 Å². The third-order valence-electron chi connectivity index (χ3n) is 6.86. The van der Waals surface area contributed by atoms with Gasteiger partial charge in [0.1, 0.15) is 0 Å². The average Bonchev–Trinajstić information content (AvgIpc) is 3.60. The van der Waals surface area contributed by atoms with Crippen molar-refractivity contribution >= 4 is 29.3 Å². The summed E-state index contributed by atoms with van der Waals surface area (Å²) in [7, 11) is 0. The van der Waals surface area contributed by atoms with Gasteiger partial charge in [0, 0.05) is 65.3 Å². The van der Waals surface area contributed by atoms with Gasteiger partial charge in [0.25, 0.3) is 5.91 Å². The second kappa shape index (κ2) is 8.98. The Labute approximate surface area is 202 Å². The number of ether oxygens (including phenoxy) is 1. The number of fused-ring (bicyclic) bond motifs is 2. The van der Waals surface area contributed by atoms with Crippen LogP contribution in [0.1, 0.15) is 28.8 Å². The van der Waals surface area contributed by atoms with Gasteiger partial charge in [-0.2, -0.15) is 0 Å². The molecule has 1 saturated carbocycles. The highest BCUT2D eigenvalue weighted by Gasteiger charge is 2.52. The van der Waals surface area contributed by atoms with E-state index in [0.717, 1.165) is 41.2 Å². The minimum Gasteiger partial charge on any atom is -0.412 e. The Morgan fingerprint density at radius 1 is 1.06 bits per heavy atom. The zero-order valence-electron chi connectivity index (χ0n) is 19.0. The summed E-state index contributed by atoms with van der Waals surface area (Å²) in [5.74, 6) is 0.731. The van der Waals surface area contributed by atoms with Crippen molar-refractivity contribution in [3.05, 3.63) is 60.0 Å². The van der Waals surface area contributed by atoms with Crippen molar-refractivity contribution in [1.82, 2.24) is 19.9 Å². The fourth-order valence-corrected chi connectivity index (χ4v) is 5.23. The van der Waals surface area contributed by atoms with Gasteiger partial charge in [0.15, 0.2) is 0 Å². The van der Waals surface area contributed by atoms with E-state index >= 15 is 0 Å². The molecule has 0 atom stereocenters. The molecule has 0 radical (unpaired) electrons. The standard InChI is InChI=1S/C25H25N5O2S.H2O/c1-33-19-4-7-26-21(13-19)18-14-27-24(28-15-18)30-16-25(5-6-25)20-3-2-17(12-22(20)30)23(31)29-8-10-32-11-9-29;/h2-4,7,12-15H,5-6,8-11,16H2,1H3;1H2. The molecule has 8 nitrogen and oxygen atoms in total. The molecule has 1 amide bonds. The van der Waals surface area contributed by atoms with E-state index in [4.69, 9.17) is 14.7 Å². The van der Waals surface area contributed by atoms with E-state index in [-0.39, 0.29) is 16.8 Å². The molecule has 2 aliphatic heterocycles. The van der Waals surface area contributed by atoms with Gasteiger partial charge in [-0.1, -0.05) is 6.07 Å². The molecule has 2 N–H and O–H groups in total. The number of pyridine rings is 1. The van der Waals surface area contributed by atoms with Crippen LogP contribution in [0.25, 0.3) is 11.3 Å². The average molecular weight is 478 g/mol. The summed E-state index contributed by atoms with van der Waals surface area (Å²) >= 11 is 1.69. The highest BCUT2D eigenvalue weighted by atomic mass is 32.2. The molecule has 1 aromatic carbocycles. The van der Waals surface area contributed by atoms with Gasteiger partial charge < -0.3 is 20.0 Å². The molecule has 176 valence electrons. The lowest BCUT2D eigenvalue weighted by Crippen LogP contribution is -2.40. The molecule has 9 heteroatoms. The molecular formula is C25H27N5O3S. The van der Waals surface area contributed by atoms with Crippen LogP contribution in [0.2, 0.25) is 0 Å². The molecule has 0 unspecified atom stereocenters. The maximum Gasteiger partial charge on any atom is 0.254 e.